The van der Waals surface area contributed by atoms with Crippen molar-refractivity contribution in [3.05, 3.63) is 35.2 Å². The van der Waals surface area contributed by atoms with Gasteiger partial charge in [-0.1, -0.05) is 41.5 Å². The van der Waals surface area contributed by atoms with Gasteiger partial charge in [0, 0.05) is 18.1 Å². The molecule has 0 aromatic heterocycles. The summed E-state index contributed by atoms with van der Waals surface area (Å²) in [6.45, 7) is 14.5. The highest BCUT2D eigenvalue weighted by Crippen LogP contribution is 2.44. The fourth-order valence-corrected chi connectivity index (χ4v) is 2.58. The number of allylic oxidation sites excluding steroid dienone is 4. The van der Waals surface area contributed by atoms with Crippen molar-refractivity contribution < 1.29 is 0 Å². The van der Waals surface area contributed by atoms with Crippen LogP contribution in [0.3, 0.4) is 0 Å². The Bertz CT molecular complexity index is 462. The third-order valence-electron chi connectivity index (χ3n) is 3.39. The highest BCUT2D eigenvalue weighted by Gasteiger charge is 2.33. The molecule has 0 spiro atoms. The molecule has 0 amide bonds. The maximum atomic E-state index is 4.32. The Morgan fingerprint density at radius 2 is 1.72 bits per heavy atom. The van der Waals surface area contributed by atoms with Gasteiger partial charge in [-0.05, 0) is 34.1 Å². The maximum absolute atomic E-state index is 4.32. The molecule has 2 nitrogen and oxygen atoms in total. The van der Waals surface area contributed by atoms with Gasteiger partial charge in [0.25, 0.3) is 0 Å². The second-order valence-electron chi connectivity index (χ2n) is 7.10. The minimum absolute atomic E-state index is 0.142. The highest BCUT2D eigenvalue weighted by atomic mass is 15.2. The molecule has 2 aliphatic heterocycles. The number of aliphatic imine (C=N–C) groups is 1. The summed E-state index contributed by atoms with van der Waals surface area (Å²) in [4.78, 5) is 6.55. The van der Waals surface area contributed by atoms with E-state index < -0.39 is 0 Å². The first kappa shape index (κ1) is 13.1. The molecule has 2 heterocycles. The molecule has 0 aromatic rings. The van der Waals surface area contributed by atoms with Crippen LogP contribution in [0.1, 0.15) is 41.5 Å². The van der Waals surface area contributed by atoms with E-state index in [1.54, 1.807) is 0 Å². The zero-order valence-electron chi connectivity index (χ0n) is 12.4. The molecule has 0 saturated carbocycles. The van der Waals surface area contributed by atoms with E-state index in [1.165, 1.54) is 16.8 Å². The molecule has 0 fully saturated rings. The molecule has 0 radical (unpaired) electrons. The summed E-state index contributed by atoms with van der Waals surface area (Å²) < 4.78 is 0. The average molecular weight is 244 g/mol. The van der Waals surface area contributed by atoms with Crippen LogP contribution in [0.5, 0.6) is 0 Å². The molecule has 0 unspecified atom stereocenters. The normalized spacial score (nSPS) is 20.1. The van der Waals surface area contributed by atoms with E-state index >= 15 is 0 Å². The lowest BCUT2D eigenvalue weighted by molar-refractivity contribution is 0.396. The first-order valence-corrected chi connectivity index (χ1v) is 6.62. The van der Waals surface area contributed by atoms with Gasteiger partial charge in [-0.15, -0.1) is 0 Å². The summed E-state index contributed by atoms with van der Waals surface area (Å²) in [6, 6.07) is 0. The van der Waals surface area contributed by atoms with Gasteiger partial charge in [0.1, 0.15) is 6.67 Å². The van der Waals surface area contributed by atoms with Crippen LogP contribution in [0.25, 0.3) is 0 Å². The van der Waals surface area contributed by atoms with Crippen LogP contribution in [-0.2, 0) is 0 Å². The minimum atomic E-state index is 0.142. The summed E-state index contributed by atoms with van der Waals surface area (Å²) in [7, 11) is 0. The van der Waals surface area contributed by atoms with E-state index in [1.807, 2.05) is 6.21 Å². The first-order valence-electron chi connectivity index (χ1n) is 6.62. The predicted octanol–water partition coefficient (Wildman–Crippen LogP) is 4.13. The van der Waals surface area contributed by atoms with E-state index in [9.17, 15) is 0 Å². The van der Waals surface area contributed by atoms with Crippen LogP contribution in [0, 0.1) is 10.8 Å². The Morgan fingerprint density at radius 3 is 2.28 bits per heavy atom. The van der Waals surface area contributed by atoms with E-state index in [-0.39, 0.29) is 10.8 Å². The molecule has 0 saturated heterocycles. The fourth-order valence-electron chi connectivity index (χ4n) is 2.58. The van der Waals surface area contributed by atoms with Gasteiger partial charge in [0.2, 0.25) is 0 Å². The van der Waals surface area contributed by atoms with E-state index in [0.29, 0.717) is 0 Å². The zero-order valence-corrected chi connectivity index (χ0v) is 12.4. The molecule has 0 aliphatic carbocycles. The van der Waals surface area contributed by atoms with Crippen LogP contribution < -0.4 is 0 Å². The van der Waals surface area contributed by atoms with Crippen molar-refractivity contribution in [1.29, 1.82) is 0 Å². The molecule has 2 heteroatoms. The SMILES string of the molecule is CC(C)(C)C1=C(C(C)(C)C)C2=CC=NCN2C=C1. The van der Waals surface area contributed by atoms with Crippen molar-refractivity contribution >= 4 is 6.21 Å². The topological polar surface area (TPSA) is 15.6 Å². The molecule has 2 rings (SSSR count). The predicted molar refractivity (Wildman–Crippen MR) is 78.4 cm³/mol. The van der Waals surface area contributed by atoms with E-state index in [4.69, 9.17) is 0 Å². The molecular weight excluding hydrogens is 220 g/mol. The Balaban J connectivity index is 2.64. The Labute approximate surface area is 111 Å². The first-order chi connectivity index (χ1) is 8.21. The van der Waals surface area contributed by atoms with Gasteiger partial charge in [-0.2, -0.15) is 0 Å². The van der Waals surface area contributed by atoms with Crippen LogP contribution in [0.4, 0.5) is 0 Å². The second-order valence-corrected chi connectivity index (χ2v) is 7.10. The van der Waals surface area contributed by atoms with Crippen molar-refractivity contribution in [2.45, 2.75) is 41.5 Å². The Morgan fingerprint density at radius 1 is 1.06 bits per heavy atom. The Hall–Kier alpha value is -1.31. The number of rotatable bonds is 0. The third-order valence-corrected chi connectivity index (χ3v) is 3.39. The van der Waals surface area contributed by atoms with Crippen molar-refractivity contribution in [2.24, 2.45) is 15.8 Å². The van der Waals surface area contributed by atoms with Crippen molar-refractivity contribution in [1.82, 2.24) is 4.90 Å². The van der Waals surface area contributed by atoms with Crippen LogP contribution in [-0.4, -0.2) is 17.8 Å². The van der Waals surface area contributed by atoms with Crippen LogP contribution in [0.15, 0.2) is 40.2 Å². The van der Waals surface area contributed by atoms with Gasteiger partial charge in [0.15, 0.2) is 0 Å². The van der Waals surface area contributed by atoms with Gasteiger partial charge >= 0.3 is 0 Å². The van der Waals surface area contributed by atoms with Gasteiger partial charge in [0.05, 0.1) is 0 Å². The largest absolute Gasteiger partial charge is 0.328 e. The van der Waals surface area contributed by atoms with Gasteiger partial charge in [-0.3, -0.25) is 4.99 Å². The molecule has 98 valence electrons. The molecule has 2 aliphatic rings. The van der Waals surface area contributed by atoms with Crippen LogP contribution in [0.2, 0.25) is 0 Å². The molecule has 0 bridgehead atoms. The smallest absolute Gasteiger partial charge is 0.114 e. The van der Waals surface area contributed by atoms with Crippen molar-refractivity contribution in [3.63, 3.8) is 0 Å². The average Bonchev–Trinajstić information content (AvgIpc) is 2.24. The lowest BCUT2D eigenvalue weighted by atomic mass is 9.72. The number of hydrogen-bond donors (Lipinski definition) is 0. The van der Waals surface area contributed by atoms with E-state index in [0.717, 1.165) is 6.67 Å². The lowest BCUT2D eigenvalue weighted by Gasteiger charge is -2.40. The highest BCUT2D eigenvalue weighted by molar-refractivity contribution is 5.75. The summed E-state index contributed by atoms with van der Waals surface area (Å²) >= 11 is 0. The monoisotopic (exact) mass is 244 g/mol. The third kappa shape index (κ3) is 2.29. The quantitative estimate of drug-likeness (QED) is 0.625. The molecule has 0 atom stereocenters. The van der Waals surface area contributed by atoms with Crippen LogP contribution >= 0.6 is 0 Å². The van der Waals surface area contributed by atoms with E-state index in [2.05, 4.69) is 69.8 Å². The number of hydrogen-bond acceptors (Lipinski definition) is 2. The minimum Gasteiger partial charge on any atom is -0.328 e. The second kappa shape index (κ2) is 4.11. The summed E-state index contributed by atoms with van der Waals surface area (Å²) in [5, 5.41) is 0. The van der Waals surface area contributed by atoms with Crippen molar-refractivity contribution in [3.8, 4) is 0 Å². The molecule has 0 N–H and O–H groups in total. The molecule has 18 heavy (non-hydrogen) atoms. The summed E-state index contributed by atoms with van der Waals surface area (Å²) in [6.07, 6.45) is 8.49. The Kier molecular flexibility index (Phi) is 3.00. The number of fused-ring (bicyclic) bond motifs is 1. The maximum Gasteiger partial charge on any atom is 0.114 e. The van der Waals surface area contributed by atoms with Gasteiger partial charge < -0.3 is 4.90 Å². The molecular formula is C16H24N2. The zero-order chi connectivity index (χ0) is 13.6. The summed E-state index contributed by atoms with van der Waals surface area (Å²) in [5.41, 5.74) is 4.50. The molecule has 0 aromatic carbocycles. The lowest BCUT2D eigenvalue weighted by Crippen LogP contribution is -2.31. The fraction of sp³-hybridized carbons (Fsp3) is 0.562. The number of nitrogens with zero attached hydrogens (tertiary/aromatic N) is 2. The standard InChI is InChI=1S/C16H24N2/c1-15(2,3)12-8-10-18-11-17-9-7-13(18)14(12)16(4,5)6/h7-10H,11H2,1-6H3. The summed E-state index contributed by atoms with van der Waals surface area (Å²) in [5.74, 6) is 0. The van der Waals surface area contributed by atoms with Gasteiger partial charge in [-0.25, -0.2) is 0 Å². The van der Waals surface area contributed by atoms with Crippen molar-refractivity contribution in [2.75, 3.05) is 6.67 Å².